The van der Waals surface area contributed by atoms with Crippen LogP contribution in [-0.2, 0) is 0 Å². The van der Waals surface area contributed by atoms with Gasteiger partial charge in [0.2, 0.25) is 5.95 Å². The molecule has 1 aliphatic heterocycles. The highest BCUT2D eigenvalue weighted by Gasteiger charge is 2.23. The van der Waals surface area contributed by atoms with Crippen molar-refractivity contribution < 1.29 is 10.0 Å². The van der Waals surface area contributed by atoms with Gasteiger partial charge in [0.25, 0.3) is 0 Å². The highest BCUT2D eigenvalue weighted by atomic mass is 16.4. The Morgan fingerprint density at radius 1 is 1.40 bits per heavy atom. The average Bonchev–Trinajstić information content (AvgIpc) is 2.65. The topological polar surface area (TPSA) is 69.5 Å². The Kier molecular flexibility index (Phi) is 2.88. The van der Waals surface area contributed by atoms with Crippen molar-refractivity contribution in [2.75, 3.05) is 11.4 Å². The number of aromatic nitrogens is 2. The summed E-state index contributed by atoms with van der Waals surface area (Å²) in [5.74, 6) is 0.671. The standard InChI is InChI=1S/C9H14BN3O2/c1-7-3-2-4-13(7)9-11-5-8(6-12-9)10(14)15/h5-7,14-15H,2-4H2,1H3/t7-/m0/s1. The van der Waals surface area contributed by atoms with Gasteiger partial charge >= 0.3 is 7.12 Å². The van der Waals surface area contributed by atoms with Gasteiger partial charge in [-0.3, -0.25) is 0 Å². The molecule has 0 radical (unpaired) electrons. The van der Waals surface area contributed by atoms with E-state index in [-0.39, 0.29) is 0 Å². The van der Waals surface area contributed by atoms with Crippen molar-refractivity contribution in [2.24, 2.45) is 0 Å². The summed E-state index contributed by atoms with van der Waals surface area (Å²) in [7, 11) is -1.49. The first kappa shape index (κ1) is 10.4. The van der Waals surface area contributed by atoms with Crippen LogP contribution in [0.3, 0.4) is 0 Å². The van der Waals surface area contributed by atoms with Gasteiger partial charge in [-0.25, -0.2) is 9.97 Å². The lowest BCUT2D eigenvalue weighted by molar-refractivity contribution is 0.425. The quantitative estimate of drug-likeness (QED) is 0.618. The fourth-order valence-corrected chi connectivity index (χ4v) is 1.84. The molecule has 80 valence electrons. The van der Waals surface area contributed by atoms with E-state index in [2.05, 4.69) is 21.8 Å². The summed E-state index contributed by atoms with van der Waals surface area (Å²) in [6, 6.07) is 0.468. The van der Waals surface area contributed by atoms with Crippen molar-refractivity contribution in [3.8, 4) is 0 Å². The molecular weight excluding hydrogens is 193 g/mol. The molecule has 1 saturated heterocycles. The van der Waals surface area contributed by atoms with Crippen LogP contribution in [0, 0.1) is 0 Å². The minimum Gasteiger partial charge on any atom is -0.423 e. The van der Waals surface area contributed by atoms with Gasteiger partial charge in [-0.05, 0) is 19.8 Å². The summed E-state index contributed by atoms with van der Waals surface area (Å²) in [5.41, 5.74) is 0.325. The molecule has 2 heterocycles. The Hall–Kier alpha value is -1.14. The van der Waals surface area contributed by atoms with Gasteiger partial charge in [0, 0.05) is 30.4 Å². The summed E-state index contributed by atoms with van der Waals surface area (Å²) in [6.07, 6.45) is 5.23. The molecule has 0 spiro atoms. The molecule has 2 rings (SSSR count). The number of rotatable bonds is 2. The lowest BCUT2D eigenvalue weighted by Gasteiger charge is -2.20. The largest absolute Gasteiger partial charge is 0.491 e. The lowest BCUT2D eigenvalue weighted by Crippen LogP contribution is -2.33. The second-order valence-corrected chi connectivity index (χ2v) is 3.87. The molecule has 0 aromatic carbocycles. The van der Waals surface area contributed by atoms with Crippen molar-refractivity contribution in [3.63, 3.8) is 0 Å². The van der Waals surface area contributed by atoms with Crippen molar-refractivity contribution in [1.29, 1.82) is 0 Å². The first-order chi connectivity index (χ1) is 7.18. The Balaban J connectivity index is 2.16. The molecule has 1 aromatic heterocycles. The Labute approximate surface area is 88.9 Å². The van der Waals surface area contributed by atoms with Gasteiger partial charge in [-0.1, -0.05) is 0 Å². The van der Waals surface area contributed by atoms with Gasteiger partial charge in [-0.2, -0.15) is 0 Å². The summed E-state index contributed by atoms with van der Waals surface area (Å²) in [4.78, 5) is 10.4. The molecule has 0 bridgehead atoms. The monoisotopic (exact) mass is 207 g/mol. The predicted molar refractivity (Wildman–Crippen MR) is 57.9 cm³/mol. The van der Waals surface area contributed by atoms with E-state index < -0.39 is 7.12 Å². The third-order valence-corrected chi connectivity index (χ3v) is 2.77. The summed E-state index contributed by atoms with van der Waals surface area (Å²) in [5, 5.41) is 17.8. The molecule has 5 nitrogen and oxygen atoms in total. The van der Waals surface area contributed by atoms with E-state index in [0.717, 1.165) is 19.4 Å². The lowest BCUT2D eigenvalue weighted by atomic mass is 9.83. The number of hydrogen-bond donors (Lipinski definition) is 2. The maximum atomic E-state index is 8.89. The van der Waals surface area contributed by atoms with E-state index in [1.165, 1.54) is 12.4 Å². The van der Waals surface area contributed by atoms with Crippen LogP contribution in [0.1, 0.15) is 19.8 Å². The van der Waals surface area contributed by atoms with E-state index in [1.807, 2.05) is 0 Å². The first-order valence-electron chi connectivity index (χ1n) is 5.13. The molecule has 1 aromatic rings. The number of anilines is 1. The zero-order valence-corrected chi connectivity index (χ0v) is 8.67. The zero-order valence-electron chi connectivity index (χ0n) is 8.67. The van der Waals surface area contributed by atoms with Gasteiger partial charge in [-0.15, -0.1) is 0 Å². The van der Waals surface area contributed by atoms with Crippen LogP contribution in [0.15, 0.2) is 12.4 Å². The summed E-state index contributed by atoms with van der Waals surface area (Å²) < 4.78 is 0. The summed E-state index contributed by atoms with van der Waals surface area (Å²) in [6.45, 7) is 3.12. The van der Waals surface area contributed by atoms with Gasteiger partial charge in [0.15, 0.2) is 0 Å². The van der Waals surface area contributed by atoms with E-state index in [1.54, 1.807) is 0 Å². The third-order valence-electron chi connectivity index (χ3n) is 2.77. The Morgan fingerprint density at radius 3 is 2.53 bits per heavy atom. The van der Waals surface area contributed by atoms with E-state index in [0.29, 0.717) is 17.5 Å². The van der Waals surface area contributed by atoms with E-state index in [9.17, 15) is 0 Å². The van der Waals surface area contributed by atoms with Crippen LogP contribution in [-0.4, -0.2) is 39.7 Å². The van der Waals surface area contributed by atoms with Crippen LogP contribution in [0.5, 0.6) is 0 Å². The smallest absolute Gasteiger partial charge is 0.423 e. The third kappa shape index (κ3) is 2.10. The van der Waals surface area contributed by atoms with Crippen LogP contribution in [0.2, 0.25) is 0 Å². The fraction of sp³-hybridized carbons (Fsp3) is 0.556. The van der Waals surface area contributed by atoms with Crippen LogP contribution >= 0.6 is 0 Å². The first-order valence-corrected chi connectivity index (χ1v) is 5.13. The molecule has 0 saturated carbocycles. The van der Waals surface area contributed by atoms with Crippen LogP contribution in [0.4, 0.5) is 5.95 Å². The number of nitrogens with zero attached hydrogens (tertiary/aromatic N) is 3. The predicted octanol–water partition coefficient (Wildman–Crippen LogP) is -0.855. The van der Waals surface area contributed by atoms with Crippen molar-refractivity contribution in [2.45, 2.75) is 25.8 Å². The Bertz CT molecular complexity index is 331. The molecule has 1 atom stereocenters. The molecule has 1 aliphatic rings. The number of hydrogen-bond acceptors (Lipinski definition) is 5. The van der Waals surface area contributed by atoms with Gasteiger partial charge in [0.05, 0.1) is 0 Å². The van der Waals surface area contributed by atoms with Gasteiger partial charge < -0.3 is 14.9 Å². The SMILES string of the molecule is C[C@H]1CCCN1c1ncc(B(O)O)cn1. The fourth-order valence-electron chi connectivity index (χ4n) is 1.84. The molecular formula is C9H14BN3O2. The molecule has 1 fully saturated rings. The molecule has 6 heteroatoms. The van der Waals surface area contributed by atoms with Crippen molar-refractivity contribution >= 4 is 18.5 Å². The van der Waals surface area contributed by atoms with Crippen molar-refractivity contribution in [3.05, 3.63) is 12.4 Å². The minimum absolute atomic E-state index is 0.325. The molecule has 0 aliphatic carbocycles. The summed E-state index contributed by atoms with van der Waals surface area (Å²) >= 11 is 0. The van der Waals surface area contributed by atoms with Crippen LogP contribution in [0.25, 0.3) is 0 Å². The second-order valence-electron chi connectivity index (χ2n) is 3.87. The van der Waals surface area contributed by atoms with Crippen molar-refractivity contribution in [1.82, 2.24) is 9.97 Å². The minimum atomic E-state index is -1.49. The van der Waals surface area contributed by atoms with E-state index >= 15 is 0 Å². The van der Waals surface area contributed by atoms with Gasteiger partial charge in [0.1, 0.15) is 0 Å². The maximum absolute atomic E-state index is 8.89. The highest BCUT2D eigenvalue weighted by Crippen LogP contribution is 2.20. The molecule has 2 N–H and O–H groups in total. The highest BCUT2D eigenvalue weighted by molar-refractivity contribution is 6.58. The zero-order chi connectivity index (χ0) is 10.8. The van der Waals surface area contributed by atoms with E-state index in [4.69, 9.17) is 10.0 Å². The molecule has 15 heavy (non-hydrogen) atoms. The maximum Gasteiger partial charge on any atom is 0.491 e. The normalized spacial score (nSPS) is 20.7. The van der Waals surface area contributed by atoms with Crippen LogP contribution < -0.4 is 10.4 Å². The molecule has 0 unspecified atom stereocenters. The second kappa shape index (κ2) is 4.16. The average molecular weight is 207 g/mol. The Morgan fingerprint density at radius 2 is 2.07 bits per heavy atom. The molecule has 0 amide bonds.